The first-order valence-corrected chi connectivity index (χ1v) is 8.12. The van der Waals surface area contributed by atoms with E-state index in [0.717, 1.165) is 11.8 Å². The molecule has 0 amide bonds. The molecule has 0 bridgehead atoms. The number of nitrogens with zero attached hydrogens (tertiary/aromatic N) is 1. The highest BCUT2D eigenvalue weighted by molar-refractivity contribution is 5.27. The Bertz CT molecular complexity index is 434. The first kappa shape index (κ1) is 14.1. The standard InChI is InChI=1S/C18H28N2/c1-18(2,20-11-7-8-12-20)17(19-3)16-13-15(16)14-9-5-4-6-10-14/h4-6,9-10,15-17,19H,7-8,11-13H2,1-3H3. The molecule has 3 unspecified atom stereocenters. The van der Waals surface area contributed by atoms with Crippen molar-refractivity contribution in [2.45, 2.75) is 50.6 Å². The number of rotatable bonds is 5. The molecule has 1 aromatic carbocycles. The minimum atomic E-state index is 0.263. The quantitative estimate of drug-likeness (QED) is 0.885. The van der Waals surface area contributed by atoms with Gasteiger partial charge in [-0.15, -0.1) is 0 Å². The maximum absolute atomic E-state index is 3.64. The predicted molar refractivity (Wildman–Crippen MR) is 85.0 cm³/mol. The Balaban J connectivity index is 1.72. The van der Waals surface area contributed by atoms with Crippen LogP contribution in [0.3, 0.4) is 0 Å². The van der Waals surface area contributed by atoms with E-state index in [1.165, 1.54) is 37.9 Å². The molecule has 2 fully saturated rings. The molecule has 2 aliphatic rings. The van der Waals surface area contributed by atoms with Gasteiger partial charge in [0.2, 0.25) is 0 Å². The molecule has 1 N–H and O–H groups in total. The van der Waals surface area contributed by atoms with E-state index in [0.29, 0.717) is 6.04 Å². The van der Waals surface area contributed by atoms with Gasteiger partial charge in [0.15, 0.2) is 0 Å². The Kier molecular flexibility index (Phi) is 3.87. The summed E-state index contributed by atoms with van der Waals surface area (Å²) in [6.45, 7) is 7.40. The van der Waals surface area contributed by atoms with E-state index in [2.05, 4.69) is 61.4 Å². The minimum Gasteiger partial charge on any atom is -0.315 e. The van der Waals surface area contributed by atoms with Crippen LogP contribution in [0.1, 0.15) is 44.6 Å². The zero-order valence-electron chi connectivity index (χ0n) is 13.1. The monoisotopic (exact) mass is 272 g/mol. The van der Waals surface area contributed by atoms with E-state index < -0.39 is 0 Å². The zero-order chi connectivity index (χ0) is 14.2. The molecule has 3 rings (SSSR count). The molecule has 1 aliphatic carbocycles. The third kappa shape index (κ3) is 2.51. The fourth-order valence-corrected chi connectivity index (χ4v) is 4.25. The molecular weight excluding hydrogens is 244 g/mol. The van der Waals surface area contributed by atoms with E-state index in [-0.39, 0.29) is 5.54 Å². The Morgan fingerprint density at radius 1 is 1.15 bits per heavy atom. The van der Waals surface area contributed by atoms with Crippen LogP contribution in [0.2, 0.25) is 0 Å². The van der Waals surface area contributed by atoms with Crippen molar-refractivity contribution in [1.82, 2.24) is 10.2 Å². The molecule has 0 aromatic heterocycles. The highest BCUT2D eigenvalue weighted by Gasteiger charge is 2.50. The maximum atomic E-state index is 3.64. The van der Waals surface area contributed by atoms with Crippen molar-refractivity contribution < 1.29 is 0 Å². The van der Waals surface area contributed by atoms with Crippen LogP contribution in [0.4, 0.5) is 0 Å². The fourth-order valence-electron chi connectivity index (χ4n) is 4.25. The number of hydrogen-bond donors (Lipinski definition) is 1. The van der Waals surface area contributed by atoms with Crippen LogP contribution in [0, 0.1) is 5.92 Å². The molecule has 2 nitrogen and oxygen atoms in total. The summed E-state index contributed by atoms with van der Waals surface area (Å²) >= 11 is 0. The lowest BCUT2D eigenvalue weighted by atomic mass is 9.87. The molecule has 1 saturated heterocycles. The van der Waals surface area contributed by atoms with Crippen LogP contribution < -0.4 is 5.32 Å². The van der Waals surface area contributed by atoms with Gasteiger partial charge in [0.05, 0.1) is 0 Å². The third-order valence-electron chi connectivity index (χ3n) is 5.49. The van der Waals surface area contributed by atoms with Gasteiger partial charge in [-0.2, -0.15) is 0 Å². The second kappa shape index (κ2) is 5.50. The van der Waals surface area contributed by atoms with Crippen molar-refractivity contribution in [1.29, 1.82) is 0 Å². The highest BCUT2D eigenvalue weighted by Crippen LogP contribution is 2.52. The van der Waals surface area contributed by atoms with Crippen LogP contribution in [0.25, 0.3) is 0 Å². The lowest BCUT2D eigenvalue weighted by Gasteiger charge is -2.42. The number of nitrogens with one attached hydrogen (secondary N) is 1. The summed E-state index contributed by atoms with van der Waals surface area (Å²) in [7, 11) is 2.14. The van der Waals surface area contributed by atoms with Crippen molar-refractivity contribution >= 4 is 0 Å². The Hall–Kier alpha value is -0.860. The highest BCUT2D eigenvalue weighted by atomic mass is 15.2. The fraction of sp³-hybridized carbons (Fsp3) is 0.667. The van der Waals surface area contributed by atoms with E-state index in [1.807, 2.05) is 0 Å². The molecule has 3 atom stereocenters. The van der Waals surface area contributed by atoms with Gasteiger partial charge in [-0.1, -0.05) is 30.3 Å². The smallest absolute Gasteiger partial charge is 0.0309 e. The second-order valence-corrected chi connectivity index (χ2v) is 7.03. The van der Waals surface area contributed by atoms with Crippen molar-refractivity contribution in [2.75, 3.05) is 20.1 Å². The zero-order valence-corrected chi connectivity index (χ0v) is 13.1. The Morgan fingerprint density at radius 3 is 2.40 bits per heavy atom. The van der Waals surface area contributed by atoms with Gasteiger partial charge in [0.25, 0.3) is 0 Å². The molecule has 110 valence electrons. The SMILES string of the molecule is CNC(C1CC1c1ccccc1)C(C)(C)N1CCCC1. The molecule has 1 saturated carbocycles. The Morgan fingerprint density at radius 2 is 1.80 bits per heavy atom. The van der Waals surface area contributed by atoms with Crippen molar-refractivity contribution in [3.8, 4) is 0 Å². The summed E-state index contributed by atoms with van der Waals surface area (Å²) in [4.78, 5) is 2.69. The van der Waals surface area contributed by atoms with E-state index >= 15 is 0 Å². The van der Waals surface area contributed by atoms with Crippen molar-refractivity contribution in [2.24, 2.45) is 5.92 Å². The van der Waals surface area contributed by atoms with Crippen LogP contribution in [-0.2, 0) is 0 Å². The summed E-state index contributed by atoms with van der Waals surface area (Å²) in [5.41, 5.74) is 1.79. The van der Waals surface area contributed by atoms with E-state index in [9.17, 15) is 0 Å². The molecule has 0 radical (unpaired) electrons. The predicted octanol–water partition coefficient (Wildman–Crippen LogP) is 3.25. The number of benzene rings is 1. The number of hydrogen-bond acceptors (Lipinski definition) is 2. The first-order chi connectivity index (χ1) is 9.64. The average molecular weight is 272 g/mol. The molecule has 0 spiro atoms. The van der Waals surface area contributed by atoms with E-state index in [1.54, 1.807) is 0 Å². The van der Waals surface area contributed by atoms with Gasteiger partial charge in [-0.25, -0.2) is 0 Å². The Labute approximate surface area is 123 Å². The maximum Gasteiger partial charge on any atom is 0.0309 e. The van der Waals surface area contributed by atoms with Gasteiger partial charge >= 0.3 is 0 Å². The topological polar surface area (TPSA) is 15.3 Å². The second-order valence-electron chi connectivity index (χ2n) is 7.03. The lowest BCUT2D eigenvalue weighted by molar-refractivity contribution is 0.0993. The normalized spacial score (nSPS) is 28.6. The summed E-state index contributed by atoms with van der Waals surface area (Å²) in [6, 6.07) is 11.6. The number of likely N-dealkylation sites (N-methyl/N-ethyl adjacent to an activating group) is 1. The van der Waals surface area contributed by atoms with Crippen LogP contribution >= 0.6 is 0 Å². The number of likely N-dealkylation sites (tertiary alicyclic amines) is 1. The van der Waals surface area contributed by atoms with Gasteiger partial charge in [0.1, 0.15) is 0 Å². The molecular formula is C18H28N2. The van der Waals surface area contributed by atoms with Gasteiger partial charge < -0.3 is 5.32 Å². The molecule has 1 heterocycles. The van der Waals surface area contributed by atoms with Gasteiger partial charge in [-0.05, 0) is 70.6 Å². The van der Waals surface area contributed by atoms with Gasteiger partial charge in [-0.3, -0.25) is 4.90 Å². The minimum absolute atomic E-state index is 0.263. The molecule has 2 heteroatoms. The van der Waals surface area contributed by atoms with E-state index in [4.69, 9.17) is 0 Å². The van der Waals surface area contributed by atoms with Crippen molar-refractivity contribution in [3.63, 3.8) is 0 Å². The third-order valence-corrected chi connectivity index (χ3v) is 5.49. The largest absolute Gasteiger partial charge is 0.315 e. The summed E-state index contributed by atoms with van der Waals surface area (Å²) in [6.07, 6.45) is 4.08. The summed E-state index contributed by atoms with van der Waals surface area (Å²) in [5.74, 6) is 1.55. The van der Waals surface area contributed by atoms with Crippen LogP contribution in [0.15, 0.2) is 30.3 Å². The van der Waals surface area contributed by atoms with Crippen molar-refractivity contribution in [3.05, 3.63) is 35.9 Å². The molecule has 20 heavy (non-hydrogen) atoms. The summed E-state index contributed by atoms with van der Waals surface area (Å²) in [5, 5.41) is 3.64. The first-order valence-electron chi connectivity index (χ1n) is 8.12. The average Bonchev–Trinajstić information content (AvgIpc) is 3.02. The summed E-state index contributed by atoms with van der Waals surface area (Å²) < 4.78 is 0. The lowest BCUT2D eigenvalue weighted by Crippen LogP contribution is -2.57. The van der Waals surface area contributed by atoms with Gasteiger partial charge in [0, 0.05) is 11.6 Å². The van der Waals surface area contributed by atoms with Crippen LogP contribution in [-0.4, -0.2) is 36.6 Å². The molecule has 1 aromatic rings. The van der Waals surface area contributed by atoms with Crippen LogP contribution in [0.5, 0.6) is 0 Å². The molecule has 1 aliphatic heterocycles.